The molecule has 4 aromatic rings. The molecule has 0 spiro atoms. The SMILES string of the molecule is C=IC(=C)C(C)(N)NC(=O)c1cc(C#N)cc(C)c1NC(=O)c1cnc(Cn2nnc(C(F)(F)F)n2)nc1-c1ccccc1Cl. The highest BCUT2D eigenvalue weighted by Crippen LogP contribution is 2.31. The normalized spacial score (nSPS) is 12.6. The summed E-state index contributed by atoms with van der Waals surface area (Å²) in [6.07, 6.45) is -3.63. The fourth-order valence-electron chi connectivity index (χ4n) is 3.96. The van der Waals surface area contributed by atoms with Crippen LogP contribution in [0.2, 0.25) is 5.02 Å². The minimum Gasteiger partial charge on any atom is -0.330 e. The van der Waals surface area contributed by atoms with Gasteiger partial charge in [0.1, 0.15) is 12.2 Å². The maximum absolute atomic E-state index is 13.8. The monoisotopic (exact) mass is 750 g/mol. The molecule has 0 radical (unpaired) electrons. The van der Waals surface area contributed by atoms with Crippen LogP contribution in [0.25, 0.3) is 11.3 Å². The van der Waals surface area contributed by atoms with Crippen LogP contribution in [0.3, 0.4) is 0 Å². The third-order valence-corrected chi connectivity index (χ3v) is 8.62. The number of hydrogen-bond donors (Lipinski definition) is 3. The molecule has 1 unspecified atom stereocenters. The fraction of sp³-hybridized carbons (Fsp3) is 0.179. The molecule has 45 heavy (non-hydrogen) atoms. The van der Waals surface area contributed by atoms with Gasteiger partial charge in [0.05, 0.1) is 34.1 Å². The van der Waals surface area contributed by atoms with Crippen LogP contribution < -0.4 is 16.4 Å². The number of tetrazole rings is 1. The van der Waals surface area contributed by atoms with Gasteiger partial charge in [-0.3, -0.25) is 9.59 Å². The second-order valence-electron chi connectivity index (χ2n) is 9.65. The fourth-order valence-corrected chi connectivity index (χ4v) is 5.11. The highest BCUT2D eigenvalue weighted by Gasteiger charge is 2.37. The van der Waals surface area contributed by atoms with E-state index in [0.717, 1.165) is 6.20 Å². The number of nitrogens with two attached hydrogens (primary N) is 1. The lowest BCUT2D eigenvalue weighted by molar-refractivity contribution is -0.145. The third-order valence-electron chi connectivity index (χ3n) is 6.25. The van der Waals surface area contributed by atoms with Crippen molar-refractivity contribution in [3.05, 3.63) is 91.7 Å². The summed E-state index contributed by atoms with van der Waals surface area (Å²) in [6, 6.07) is 11.2. The molecule has 0 aliphatic rings. The minimum absolute atomic E-state index is 0.0406. The van der Waals surface area contributed by atoms with Gasteiger partial charge in [0.15, 0.2) is 5.82 Å². The van der Waals surface area contributed by atoms with E-state index >= 15 is 0 Å². The summed E-state index contributed by atoms with van der Waals surface area (Å²) in [5.74, 6) is -2.90. The average molecular weight is 751 g/mol. The summed E-state index contributed by atoms with van der Waals surface area (Å²) in [6.45, 7) is 6.64. The number of aromatic nitrogens is 6. The number of nitriles is 1. The molecule has 17 heteroatoms. The van der Waals surface area contributed by atoms with Gasteiger partial charge in [-0.2, -0.15) is 23.2 Å². The predicted octanol–water partition coefficient (Wildman–Crippen LogP) is 4.60. The first-order chi connectivity index (χ1) is 21.1. The molecule has 232 valence electrons. The molecule has 2 aromatic heterocycles. The highest BCUT2D eigenvalue weighted by atomic mass is 127. The smallest absolute Gasteiger partial charge is 0.330 e. The quantitative estimate of drug-likeness (QED) is 0.163. The molecule has 12 nitrogen and oxygen atoms in total. The molecule has 4 N–H and O–H groups in total. The number of nitrogens with one attached hydrogen (secondary N) is 2. The largest absolute Gasteiger partial charge is 0.455 e. The molecule has 0 saturated carbocycles. The van der Waals surface area contributed by atoms with Gasteiger partial charge in [-0.1, -0.05) is 61.6 Å². The van der Waals surface area contributed by atoms with Crippen LogP contribution in [0.15, 0.2) is 52.8 Å². The van der Waals surface area contributed by atoms with Crippen LogP contribution >= 0.6 is 32.3 Å². The molecule has 1 atom stereocenters. The van der Waals surface area contributed by atoms with Crippen molar-refractivity contribution in [2.45, 2.75) is 32.2 Å². The number of carbonyl (C=O) groups is 2. The lowest BCUT2D eigenvalue weighted by atomic mass is 10.0. The topological polar surface area (TPSA) is 177 Å². The van der Waals surface area contributed by atoms with Gasteiger partial charge < -0.3 is 16.4 Å². The number of carbonyl (C=O) groups excluding carboxylic acids is 2. The minimum atomic E-state index is -4.80. The molecule has 0 aliphatic carbocycles. The first-order valence-corrected chi connectivity index (χ1v) is 15.6. The molecule has 2 amide bonds. The number of benzene rings is 2. The average Bonchev–Trinajstić information content (AvgIpc) is 3.46. The lowest BCUT2D eigenvalue weighted by Crippen LogP contribution is -2.53. The summed E-state index contributed by atoms with van der Waals surface area (Å²) < 4.78 is 43.2. The summed E-state index contributed by atoms with van der Waals surface area (Å²) in [4.78, 5) is 36.4. The molecule has 0 fully saturated rings. The molecule has 2 heterocycles. The van der Waals surface area contributed by atoms with Gasteiger partial charge in [0.25, 0.3) is 17.6 Å². The van der Waals surface area contributed by atoms with Crippen molar-refractivity contribution in [3.8, 4) is 17.3 Å². The van der Waals surface area contributed by atoms with Gasteiger partial charge in [-0.05, 0) is 42.8 Å². The summed E-state index contributed by atoms with van der Waals surface area (Å²) in [7, 11) is 0. The van der Waals surface area contributed by atoms with Crippen molar-refractivity contribution < 1.29 is 22.8 Å². The molecule has 2 aromatic carbocycles. The van der Waals surface area contributed by atoms with Crippen LogP contribution in [-0.4, -0.2) is 52.2 Å². The summed E-state index contributed by atoms with van der Waals surface area (Å²) >= 11 is 5.66. The Balaban J connectivity index is 1.76. The summed E-state index contributed by atoms with van der Waals surface area (Å²) in [5.41, 5.74) is 5.84. The Bertz CT molecular complexity index is 1890. The first-order valence-electron chi connectivity index (χ1n) is 12.7. The van der Waals surface area contributed by atoms with E-state index in [4.69, 9.17) is 17.3 Å². The van der Waals surface area contributed by atoms with Crippen molar-refractivity contribution in [1.29, 1.82) is 5.26 Å². The number of rotatable bonds is 9. The standard InChI is InChI=1S/C28H23ClF3IN10O2/c1-14-9-16(11-34)10-18(25(45)39-27(3,35)15(2)33-4)22(14)38-24(44)19-12-36-21(13-43-41-26(40-42-43)28(30,31)32)37-23(19)17-7-5-6-8-20(17)29/h5-10,12H,2,4,13,35H2,1,3H3,(H,38,44)(H,39,45). The number of nitrogens with zero attached hydrogens (tertiary/aromatic N) is 7. The molecule has 4 rings (SSSR count). The van der Waals surface area contributed by atoms with Crippen LogP contribution in [0.5, 0.6) is 0 Å². The Morgan fingerprint density at radius 1 is 1.20 bits per heavy atom. The van der Waals surface area contributed by atoms with Gasteiger partial charge in [-0.25, -0.2) is 9.97 Å². The Hall–Kier alpha value is -4.60. The lowest BCUT2D eigenvalue weighted by Gasteiger charge is -2.27. The van der Waals surface area contributed by atoms with Crippen LogP contribution in [0, 0.1) is 18.3 Å². The van der Waals surface area contributed by atoms with E-state index in [2.05, 4.69) is 47.1 Å². The van der Waals surface area contributed by atoms with Gasteiger partial charge in [0.2, 0.25) is 0 Å². The van der Waals surface area contributed by atoms with Crippen LogP contribution in [0.4, 0.5) is 18.9 Å². The zero-order valence-electron chi connectivity index (χ0n) is 23.6. The molecule has 0 aliphatic heterocycles. The second-order valence-corrected chi connectivity index (χ2v) is 12.1. The first kappa shape index (κ1) is 33.3. The van der Waals surface area contributed by atoms with E-state index in [0.29, 0.717) is 19.5 Å². The van der Waals surface area contributed by atoms with E-state index in [1.165, 1.54) is 12.1 Å². The number of hydrogen-bond acceptors (Lipinski definition) is 9. The number of alkyl halides is 3. The Kier molecular flexibility index (Phi) is 9.75. The number of aryl methyl sites for hydroxylation is 1. The predicted molar refractivity (Wildman–Crippen MR) is 169 cm³/mol. The summed E-state index contributed by atoms with van der Waals surface area (Å²) in [5, 5.41) is 24.8. The molecule has 0 saturated heterocycles. The van der Waals surface area contributed by atoms with E-state index < -0.39 is 56.8 Å². The second kappa shape index (κ2) is 13.2. The van der Waals surface area contributed by atoms with Crippen molar-refractivity contribution in [3.63, 3.8) is 0 Å². The van der Waals surface area contributed by atoms with Crippen LogP contribution in [-0.2, 0) is 12.7 Å². The maximum Gasteiger partial charge on any atom is 0.455 e. The highest BCUT2D eigenvalue weighted by molar-refractivity contribution is 14.2. The van der Waals surface area contributed by atoms with Crippen molar-refractivity contribution in [2.75, 3.05) is 5.32 Å². The van der Waals surface area contributed by atoms with Crippen molar-refractivity contribution in [2.24, 2.45) is 5.73 Å². The third kappa shape index (κ3) is 7.56. The molecular weight excluding hydrogens is 728 g/mol. The van der Waals surface area contributed by atoms with Gasteiger partial charge >= 0.3 is 6.18 Å². The Morgan fingerprint density at radius 2 is 1.91 bits per heavy atom. The molecule has 0 bridgehead atoms. The Morgan fingerprint density at radius 3 is 2.53 bits per heavy atom. The Labute approximate surface area is 269 Å². The van der Waals surface area contributed by atoms with E-state index in [-0.39, 0.29) is 38.9 Å². The van der Waals surface area contributed by atoms with E-state index in [9.17, 15) is 28.0 Å². The number of anilines is 1. The molecular formula is C28H23ClF3IN10O2. The zero-order chi connectivity index (χ0) is 33.1. The van der Waals surface area contributed by atoms with E-state index in [1.54, 1.807) is 38.1 Å². The van der Waals surface area contributed by atoms with Gasteiger partial charge in [0, 0.05) is 20.4 Å². The van der Waals surface area contributed by atoms with E-state index in [1.807, 2.05) is 6.07 Å². The number of halogens is 5. The van der Waals surface area contributed by atoms with Crippen LogP contribution in [0.1, 0.15) is 50.4 Å². The van der Waals surface area contributed by atoms with Gasteiger partial charge in [-0.15, -0.1) is 10.2 Å². The van der Waals surface area contributed by atoms with Crippen molar-refractivity contribution in [1.82, 2.24) is 35.5 Å². The van der Waals surface area contributed by atoms with Crippen molar-refractivity contribution >= 4 is 54.3 Å². The maximum atomic E-state index is 13.8. The zero-order valence-corrected chi connectivity index (χ0v) is 26.5. The number of amides is 2.